The van der Waals surface area contributed by atoms with Crippen LogP contribution in [0.4, 0.5) is 30.7 Å². The lowest BCUT2D eigenvalue weighted by molar-refractivity contribution is -0.162. The number of rotatable bonds is 4. The van der Waals surface area contributed by atoms with Crippen LogP contribution in [-0.4, -0.2) is 24.7 Å². The molecule has 0 saturated carbocycles. The second kappa shape index (κ2) is 3.95. The molecule has 0 aromatic heterocycles. The minimum Gasteiger partial charge on any atom is -0.241 e. The van der Waals surface area contributed by atoms with Gasteiger partial charge < -0.3 is 0 Å². The van der Waals surface area contributed by atoms with Crippen LogP contribution >= 0.6 is 0 Å². The van der Waals surface area contributed by atoms with E-state index in [1.165, 1.54) is 0 Å². The second-order valence-corrected chi connectivity index (χ2v) is 1.94. The molecule has 0 fully saturated rings. The summed E-state index contributed by atoms with van der Waals surface area (Å²) in [6, 6.07) is 0. The second-order valence-electron chi connectivity index (χ2n) is 1.94. The summed E-state index contributed by atoms with van der Waals surface area (Å²) in [7, 11) is 0. The van der Waals surface area contributed by atoms with Gasteiger partial charge in [0.2, 0.25) is 12.3 Å². The van der Waals surface area contributed by atoms with Gasteiger partial charge in [-0.15, -0.1) is 0 Å². The van der Waals surface area contributed by atoms with Gasteiger partial charge in [-0.3, -0.25) is 0 Å². The van der Waals surface area contributed by atoms with Crippen molar-refractivity contribution in [2.75, 3.05) is 0 Å². The Balaban J connectivity index is 4.37. The van der Waals surface area contributed by atoms with Gasteiger partial charge in [-0.1, -0.05) is 0 Å². The van der Waals surface area contributed by atoms with Crippen molar-refractivity contribution in [2.45, 2.75) is 24.7 Å². The number of halogens is 7. The lowest BCUT2D eigenvalue weighted by Crippen LogP contribution is -2.43. The van der Waals surface area contributed by atoms with Crippen molar-refractivity contribution in [3.63, 3.8) is 0 Å². The molecule has 0 nitrogen and oxygen atoms in total. The van der Waals surface area contributed by atoms with Gasteiger partial charge in [0.25, 0.3) is 6.43 Å². The zero-order valence-electron chi connectivity index (χ0n) is 5.46. The van der Waals surface area contributed by atoms with E-state index in [1.807, 2.05) is 0 Å². The molecule has 1 radical (unpaired) electrons. The van der Waals surface area contributed by atoms with E-state index in [2.05, 4.69) is 0 Å². The van der Waals surface area contributed by atoms with Crippen molar-refractivity contribution >= 4 is 0 Å². The zero-order chi connectivity index (χ0) is 9.94. The highest BCUT2D eigenvalue weighted by Gasteiger charge is 2.53. The van der Waals surface area contributed by atoms with Crippen LogP contribution in [-0.2, 0) is 0 Å². The molecule has 0 aromatic rings. The Hall–Kier alpha value is -0.490. The first-order valence-electron chi connectivity index (χ1n) is 2.71. The van der Waals surface area contributed by atoms with E-state index in [1.54, 1.807) is 0 Å². The van der Waals surface area contributed by atoms with Gasteiger partial charge in [0, 0.05) is 0 Å². The maximum Gasteiger partial charge on any atom is 0.317 e. The van der Waals surface area contributed by atoms with E-state index in [0.717, 1.165) is 0 Å². The quantitative estimate of drug-likeness (QED) is 0.608. The first kappa shape index (κ1) is 11.5. The smallest absolute Gasteiger partial charge is 0.241 e. The molecule has 0 N–H and O–H groups in total. The number of hydrogen-bond donors (Lipinski definition) is 0. The van der Waals surface area contributed by atoms with Gasteiger partial charge in [0.1, 0.15) is 0 Å². The molecule has 0 aliphatic heterocycles. The van der Waals surface area contributed by atoms with Crippen LogP contribution < -0.4 is 0 Å². The van der Waals surface area contributed by atoms with Crippen LogP contribution in [0.5, 0.6) is 0 Å². The summed E-state index contributed by atoms with van der Waals surface area (Å²) in [6.45, 7) is -1.17. The number of hydrogen-bond acceptors (Lipinski definition) is 0. The molecule has 0 heterocycles. The Morgan fingerprint density at radius 3 is 1.67 bits per heavy atom. The SMILES string of the molecule is F[CH]C(F)C(F)(F)C(F)C(F)F. The number of alkyl halides is 6. The summed E-state index contributed by atoms with van der Waals surface area (Å²) in [5, 5.41) is 0. The van der Waals surface area contributed by atoms with Crippen LogP contribution in [0.15, 0.2) is 0 Å². The molecular weight excluding hydrogens is 193 g/mol. The zero-order valence-corrected chi connectivity index (χ0v) is 5.46. The maximum absolute atomic E-state index is 12.0. The molecule has 2 unspecified atom stereocenters. The van der Waals surface area contributed by atoms with Gasteiger partial charge in [-0.05, 0) is 0 Å². The summed E-state index contributed by atoms with van der Waals surface area (Å²) >= 11 is 0. The third kappa shape index (κ3) is 2.25. The summed E-state index contributed by atoms with van der Waals surface area (Å²) in [4.78, 5) is 0. The Morgan fingerprint density at radius 2 is 1.42 bits per heavy atom. The lowest BCUT2D eigenvalue weighted by Gasteiger charge is -2.21. The van der Waals surface area contributed by atoms with Gasteiger partial charge >= 0.3 is 5.92 Å². The summed E-state index contributed by atoms with van der Waals surface area (Å²) in [5.41, 5.74) is 0. The summed E-state index contributed by atoms with van der Waals surface area (Å²) in [5.74, 6) is -5.02. The Kier molecular flexibility index (Phi) is 3.79. The predicted octanol–water partition coefficient (Wildman–Crippen LogP) is 2.69. The lowest BCUT2D eigenvalue weighted by atomic mass is 10.1. The molecule has 73 valence electrons. The highest BCUT2D eigenvalue weighted by molar-refractivity contribution is 4.90. The fraction of sp³-hybridized carbons (Fsp3) is 0.800. The Labute approximate surface area is 63.4 Å². The fourth-order valence-corrected chi connectivity index (χ4v) is 0.404. The molecule has 7 heteroatoms. The molecule has 12 heavy (non-hydrogen) atoms. The minimum absolute atomic E-state index is 1.17. The molecule has 2 atom stereocenters. The molecule has 0 aliphatic carbocycles. The largest absolute Gasteiger partial charge is 0.317 e. The molecular formula is C5H4F7. The first-order chi connectivity index (χ1) is 5.34. The van der Waals surface area contributed by atoms with Crippen molar-refractivity contribution in [3.8, 4) is 0 Å². The molecule has 0 rings (SSSR count). The molecule has 0 spiro atoms. The van der Waals surface area contributed by atoms with E-state index in [9.17, 15) is 30.7 Å². The van der Waals surface area contributed by atoms with E-state index in [-0.39, 0.29) is 0 Å². The van der Waals surface area contributed by atoms with Crippen LogP contribution in [0.3, 0.4) is 0 Å². The summed E-state index contributed by atoms with van der Waals surface area (Å²) < 4.78 is 81.1. The average Bonchev–Trinajstić information content (AvgIpc) is 2.01. The van der Waals surface area contributed by atoms with Gasteiger partial charge in [-0.2, -0.15) is 8.78 Å². The van der Waals surface area contributed by atoms with Gasteiger partial charge in [0.15, 0.2) is 6.67 Å². The average molecular weight is 197 g/mol. The highest BCUT2D eigenvalue weighted by Crippen LogP contribution is 2.32. The van der Waals surface area contributed by atoms with Crippen molar-refractivity contribution in [3.05, 3.63) is 6.67 Å². The third-order valence-corrected chi connectivity index (χ3v) is 1.07. The van der Waals surface area contributed by atoms with Gasteiger partial charge in [0.05, 0.1) is 0 Å². The van der Waals surface area contributed by atoms with Crippen molar-refractivity contribution in [1.29, 1.82) is 0 Å². The van der Waals surface area contributed by atoms with Crippen LogP contribution in [0.25, 0.3) is 0 Å². The van der Waals surface area contributed by atoms with E-state index < -0.39 is 31.4 Å². The molecule has 0 aromatic carbocycles. The van der Waals surface area contributed by atoms with Crippen LogP contribution in [0.2, 0.25) is 0 Å². The van der Waals surface area contributed by atoms with E-state index in [4.69, 9.17) is 0 Å². The van der Waals surface area contributed by atoms with E-state index in [0.29, 0.717) is 0 Å². The van der Waals surface area contributed by atoms with Crippen molar-refractivity contribution in [2.24, 2.45) is 0 Å². The summed E-state index contributed by atoms with van der Waals surface area (Å²) in [6.07, 6.45) is -11.7. The Bertz CT molecular complexity index is 134. The maximum atomic E-state index is 12.0. The third-order valence-electron chi connectivity index (χ3n) is 1.07. The minimum atomic E-state index is -5.02. The first-order valence-corrected chi connectivity index (χ1v) is 2.71. The normalized spacial score (nSPS) is 18.0. The van der Waals surface area contributed by atoms with E-state index >= 15 is 0 Å². The molecule has 0 bridgehead atoms. The predicted molar refractivity (Wildman–Crippen MR) is 26.2 cm³/mol. The standard InChI is InChI=1S/C5H4F7/c6-1-2(7)5(11,12)3(8)4(9)10/h1-4H. The molecule has 0 aliphatic rings. The van der Waals surface area contributed by atoms with Crippen LogP contribution in [0, 0.1) is 6.67 Å². The van der Waals surface area contributed by atoms with Gasteiger partial charge in [-0.25, -0.2) is 22.0 Å². The monoisotopic (exact) mass is 197 g/mol. The molecule has 0 amide bonds. The fourth-order valence-electron chi connectivity index (χ4n) is 0.404. The van der Waals surface area contributed by atoms with Crippen molar-refractivity contribution in [1.82, 2.24) is 0 Å². The highest BCUT2D eigenvalue weighted by atomic mass is 19.3. The molecule has 0 saturated heterocycles. The van der Waals surface area contributed by atoms with Crippen molar-refractivity contribution < 1.29 is 30.7 Å². The topological polar surface area (TPSA) is 0 Å². The van der Waals surface area contributed by atoms with Crippen LogP contribution in [0.1, 0.15) is 0 Å². The Morgan fingerprint density at radius 1 is 1.00 bits per heavy atom.